The smallest absolute Gasteiger partial charge is 0.225 e. The average Bonchev–Trinajstić information content (AvgIpc) is 2.66. The Morgan fingerprint density at radius 2 is 1.92 bits per heavy atom. The van der Waals surface area contributed by atoms with Gasteiger partial charge in [0.25, 0.3) is 0 Å². The van der Waals surface area contributed by atoms with Crippen LogP contribution in [0.1, 0.15) is 12.5 Å². The van der Waals surface area contributed by atoms with Crippen molar-refractivity contribution in [2.45, 2.75) is 13.5 Å². The van der Waals surface area contributed by atoms with E-state index in [1.807, 2.05) is 30.3 Å². The van der Waals surface area contributed by atoms with E-state index >= 15 is 0 Å². The molecule has 6 nitrogen and oxygen atoms in total. The molecule has 0 atom stereocenters. The van der Waals surface area contributed by atoms with E-state index in [2.05, 4.69) is 32.0 Å². The molecule has 0 radical (unpaired) electrons. The van der Waals surface area contributed by atoms with Crippen LogP contribution in [0.5, 0.6) is 0 Å². The highest BCUT2D eigenvalue weighted by atomic mass is 35.5. The van der Waals surface area contributed by atoms with Crippen LogP contribution in [0.2, 0.25) is 5.02 Å². The van der Waals surface area contributed by atoms with E-state index in [0.717, 1.165) is 55.2 Å². The van der Waals surface area contributed by atoms with Crippen molar-refractivity contribution in [1.82, 2.24) is 20.2 Å². The maximum atomic E-state index is 6.05. The van der Waals surface area contributed by atoms with E-state index in [1.165, 1.54) is 0 Å². The zero-order chi connectivity index (χ0) is 17.5. The molecule has 0 saturated carbocycles. The Morgan fingerprint density at radius 3 is 2.60 bits per heavy atom. The number of nitrogens with zero attached hydrogens (tertiary/aromatic N) is 5. The molecule has 1 N–H and O–H groups in total. The Balaban J connectivity index is 1.62. The SMILES string of the molecule is CCNC(=NCc1cccc(Cl)c1)N1CCN(c2ncccn2)CC1. The Hall–Kier alpha value is -2.34. The quantitative estimate of drug-likeness (QED) is 0.672. The van der Waals surface area contributed by atoms with E-state index < -0.39 is 0 Å². The summed E-state index contributed by atoms with van der Waals surface area (Å²) in [5.41, 5.74) is 1.11. The van der Waals surface area contributed by atoms with Gasteiger partial charge in [0.15, 0.2) is 5.96 Å². The second-order valence-electron chi connectivity index (χ2n) is 5.82. The maximum Gasteiger partial charge on any atom is 0.225 e. The largest absolute Gasteiger partial charge is 0.357 e. The molecule has 0 aliphatic carbocycles. The van der Waals surface area contributed by atoms with Crippen LogP contribution in [-0.4, -0.2) is 53.6 Å². The molecule has 2 heterocycles. The standard InChI is InChI=1S/C18H23ClN6/c1-2-20-17(23-14-15-5-3-6-16(19)13-15)24-9-11-25(12-10-24)18-21-7-4-8-22-18/h3-8,13H,2,9-12,14H2,1H3,(H,20,23). The first-order valence-electron chi connectivity index (χ1n) is 8.56. The number of hydrogen-bond donors (Lipinski definition) is 1. The monoisotopic (exact) mass is 358 g/mol. The number of anilines is 1. The van der Waals surface area contributed by atoms with Crippen molar-refractivity contribution >= 4 is 23.5 Å². The highest BCUT2D eigenvalue weighted by molar-refractivity contribution is 6.30. The minimum Gasteiger partial charge on any atom is -0.357 e. The lowest BCUT2D eigenvalue weighted by Gasteiger charge is -2.36. The molecular weight excluding hydrogens is 336 g/mol. The number of aromatic nitrogens is 2. The molecule has 25 heavy (non-hydrogen) atoms. The first kappa shape index (κ1) is 17.5. The number of piperazine rings is 1. The van der Waals surface area contributed by atoms with E-state index in [4.69, 9.17) is 16.6 Å². The molecule has 1 fully saturated rings. The fraction of sp³-hybridized carbons (Fsp3) is 0.389. The molecule has 132 valence electrons. The summed E-state index contributed by atoms with van der Waals surface area (Å²) in [6.45, 7) is 7.08. The van der Waals surface area contributed by atoms with Crippen LogP contribution >= 0.6 is 11.6 Å². The number of aliphatic imine (C=N–C) groups is 1. The summed E-state index contributed by atoms with van der Waals surface area (Å²) in [6, 6.07) is 9.68. The minimum absolute atomic E-state index is 0.616. The molecule has 1 aromatic heterocycles. The van der Waals surface area contributed by atoms with Crippen LogP contribution in [0.3, 0.4) is 0 Å². The lowest BCUT2D eigenvalue weighted by Crippen LogP contribution is -2.52. The minimum atomic E-state index is 0.616. The fourth-order valence-electron chi connectivity index (χ4n) is 2.80. The van der Waals surface area contributed by atoms with E-state index in [0.29, 0.717) is 6.54 Å². The molecule has 2 aromatic rings. The van der Waals surface area contributed by atoms with Gasteiger partial charge in [-0.05, 0) is 30.7 Å². The van der Waals surface area contributed by atoms with Crippen molar-refractivity contribution in [3.63, 3.8) is 0 Å². The van der Waals surface area contributed by atoms with Crippen molar-refractivity contribution < 1.29 is 0 Å². The number of benzene rings is 1. The van der Waals surface area contributed by atoms with Crippen molar-refractivity contribution in [1.29, 1.82) is 0 Å². The van der Waals surface area contributed by atoms with Gasteiger partial charge in [0.2, 0.25) is 5.95 Å². The van der Waals surface area contributed by atoms with Gasteiger partial charge in [-0.3, -0.25) is 0 Å². The predicted molar refractivity (Wildman–Crippen MR) is 102 cm³/mol. The predicted octanol–water partition coefficient (Wildman–Crippen LogP) is 2.42. The van der Waals surface area contributed by atoms with Crippen LogP contribution in [0.15, 0.2) is 47.7 Å². The first-order valence-corrected chi connectivity index (χ1v) is 8.93. The second kappa shape index (κ2) is 8.67. The topological polar surface area (TPSA) is 56.7 Å². The number of halogens is 1. The summed E-state index contributed by atoms with van der Waals surface area (Å²) >= 11 is 6.05. The van der Waals surface area contributed by atoms with Gasteiger partial charge in [-0.15, -0.1) is 0 Å². The van der Waals surface area contributed by atoms with E-state index in [9.17, 15) is 0 Å². The summed E-state index contributed by atoms with van der Waals surface area (Å²) in [5.74, 6) is 1.74. The third-order valence-electron chi connectivity index (χ3n) is 4.05. The zero-order valence-electron chi connectivity index (χ0n) is 14.4. The Bertz CT molecular complexity index is 698. The van der Waals surface area contributed by atoms with Crippen molar-refractivity contribution in [3.05, 3.63) is 53.3 Å². The van der Waals surface area contributed by atoms with Gasteiger partial charge >= 0.3 is 0 Å². The van der Waals surface area contributed by atoms with Crippen molar-refractivity contribution in [2.75, 3.05) is 37.6 Å². The first-order chi connectivity index (χ1) is 12.3. The molecule has 7 heteroatoms. The van der Waals surface area contributed by atoms with E-state index in [1.54, 1.807) is 12.4 Å². The highest BCUT2D eigenvalue weighted by Crippen LogP contribution is 2.13. The fourth-order valence-corrected chi connectivity index (χ4v) is 3.01. The third kappa shape index (κ3) is 4.82. The zero-order valence-corrected chi connectivity index (χ0v) is 15.2. The normalized spacial score (nSPS) is 15.4. The summed E-state index contributed by atoms with van der Waals surface area (Å²) < 4.78 is 0. The van der Waals surface area contributed by atoms with Crippen LogP contribution in [-0.2, 0) is 6.54 Å². The van der Waals surface area contributed by atoms with Gasteiger partial charge in [-0.25, -0.2) is 15.0 Å². The van der Waals surface area contributed by atoms with Crippen LogP contribution in [0, 0.1) is 0 Å². The number of guanidine groups is 1. The van der Waals surface area contributed by atoms with Gasteiger partial charge in [-0.1, -0.05) is 23.7 Å². The molecule has 3 rings (SSSR count). The number of hydrogen-bond acceptors (Lipinski definition) is 4. The lowest BCUT2D eigenvalue weighted by molar-refractivity contribution is 0.370. The molecule has 0 spiro atoms. The van der Waals surface area contributed by atoms with Gasteiger partial charge < -0.3 is 15.1 Å². The van der Waals surface area contributed by atoms with Crippen LogP contribution in [0.4, 0.5) is 5.95 Å². The van der Waals surface area contributed by atoms with Gasteiger partial charge in [-0.2, -0.15) is 0 Å². The van der Waals surface area contributed by atoms with Gasteiger partial charge in [0.1, 0.15) is 0 Å². The van der Waals surface area contributed by atoms with Crippen LogP contribution < -0.4 is 10.2 Å². The van der Waals surface area contributed by atoms with Gasteiger partial charge in [0, 0.05) is 50.1 Å². The van der Waals surface area contributed by atoms with Crippen molar-refractivity contribution in [3.8, 4) is 0 Å². The molecule has 1 saturated heterocycles. The molecule has 0 amide bonds. The van der Waals surface area contributed by atoms with Crippen LogP contribution in [0.25, 0.3) is 0 Å². The summed E-state index contributed by atoms with van der Waals surface area (Å²) in [6.07, 6.45) is 3.57. The number of nitrogens with one attached hydrogen (secondary N) is 1. The Morgan fingerprint density at radius 1 is 1.16 bits per heavy atom. The number of rotatable bonds is 4. The highest BCUT2D eigenvalue weighted by Gasteiger charge is 2.20. The Kier molecular flexibility index (Phi) is 6.06. The third-order valence-corrected chi connectivity index (χ3v) is 4.28. The molecule has 0 bridgehead atoms. The summed E-state index contributed by atoms with van der Waals surface area (Å²) in [7, 11) is 0. The summed E-state index contributed by atoms with van der Waals surface area (Å²) in [5, 5.41) is 4.13. The Labute approximate surface area is 153 Å². The molecule has 1 aromatic carbocycles. The maximum absolute atomic E-state index is 6.05. The summed E-state index contributed by atoms with van der Waals surface area (Å²) in [4.78, 5) is 17.9. The lowest BCUT2D eigenvalue weighted by atomic mass is 10.2. The van der Waals surface area contributed by atoms with Crippen molar-refractivity contribution in [2.24, 2.45) is 4.99 Å². The van der Waals surface area contributed by atoms with E-state index in [-0.39, 0.29) is 0 Å². The average molecular weight is 359 g/mol. The van der Waals surface area contributed by atoms with Gasteiger partial charge in [0.05, 0.1) is 6.54 Å². The molecular formula is C18H23ClN6. The molecule has 1 aliphatic rings. The molecule has 0 unspecified atom stereocenters. The molecule has 1 aliphatic heterocycles. The second-order valence-corrected chi connectivity index (χ2v) is 6.26.